The molecule has 128 valence electrons. The molecule has 1 aliphatic rings. The Morgan fingerprint density at radius 2 is 1.00 bits per heavy atom. The van der Waals surface area contributed by atoms with Gasteiger partial charge in [0, 0.05) is 11.1 Å². The van der Waals surface area contributed by atoms with Crippen molar-refractivity contribution in [3.63, 3.8) is 0 Å². The fourth-order valence-corrected chi connectivity index (χ4v) is 3.23. The minimum Gasteiger partial charge on any atom is -0.493 e. The highest BCUT2D eigenvalue weighted by atomic mass is 16.5. The molecule has 0 aromatic heterocycles. The van der Waals surface area contributed by atoms with Gasteiger partial charge in [-0.25, -0.2) is 0 Å². The number of hydrogen-bond donors (Lipinski definition) is 2. The average molecular weight is 332 g/mol. The van der Waals surface area contributed by atoms with Gasteiger partial charge in [-0.1, -0.05) is 12.1 Å². The second-order valence-electron chi connectivity index (χ2n) is 5.42. The monoisotopic (exact) mass is 332 g/mol. The van der Waals surface area contributed by atoms with E-state index in [9.17, 15) is 10.2 Å². The van der Waals surface area contributed by atoms with Crippen LogP contribution in [0.25, 0.3) is 11.1 Å². The molecule has 0 saturated carbocycles. The SMILES string of the molecule is COc1ccc2c(c1OC)-c1c(ccc(OC)c1OC)C(O)C2O. The van der Waals surface area contributed by atoms with Crippen molar-refractivity contribution in [1.82, 2.24) is 0 Å². The molecule has 6 heteroatoms. The molecular formula is C18H20O6. The Hall–Kier alpha value is -2.44. The van der Waals surface area contributed by atoms with Crippen molar-refractivity contribution in [2.45, 2.75) is 12.2 Å². The molecule has 2 atom stereocenters. The standard InChI is InChI=1S/C18H20O6/c1-21-11-7-5-9-13(17(11)23-3)14-10(16(20)15(9)19)6-8-12(22-2)18(14)24-4/h5-8,15-16,19-20H,1-4H3. The molecule has 2 unspecified atom stereocenters. The van der Waals surface area contributed by atoms with Gasteiger partial charge in [0.05, 0.1) is 28.4 Å². The van der Waals surface area contributed by atoms with Crippen molar-refractivity contribution in [2.24, 2.45) is 0 Å². The quantitative estimate of drug-likeness (QED) is 0.896. The lowest BCUT2D eigenvalue weighted by atomic mass is 9.80. The number of benzene rings is 2. The van der Waals surface area contributed by atoms with Gasteiger partial charge in [-0.3, -0.25) is 0 Å². The maximum atomic E-state index is 10.5. The first kappa shape index (κ1) is 16.4. The zero-order chi connectivity index (χ0) is 17.4. The summed E-state index contributed by atoms with van der Waals surface area (Å²) in [5.74, 6) is 1.98. The summed E-state index contributed by atoms with van der Waals surface area (Å²) < 4.78 is 21.8. The van der Waals surface area contributed by atoms with E-state index in [1.807, 2.05) is 0 Å². The Morgan fingerprint density at radius 1 is 0.625 bits per heavy atom. The molecule has 0 bridgehead atoms. The summed E-state index contributed by atoms with van der Waals surface area (Å²) in [5, 5.41) is 21.1. The number of ether oxygens (including phenoxy) is 4. The van der Waals surface area contributed by atoms with E-state index in [-0.39, 0.29) is 0 Å². The molecule has 0 radical (unpaired) electrons. The van der Waals surface area contributed by atoms with Gasteiger partial charge in [0.1, 0.15) is 12.2 Å². The van der Waals surface area contributed by atoms with Crippen molar-refractivity contribution in [3.8, 4) is 34.1 Å². The molecule has 0 heterocycles. The van der Waals surface area contributed by atoms with E-state index in [1.165, 1.54) is 14.2 Å². The molecule has 0 saturated heterocycles. The highest BCUT2D eigenvalue weighted by Gasteiger charge is 2.37. The number of fused-ring (bicyclic) bond motifs is 3. The fraction of sp³-hybridized carbons (Fsp3) is 0.333. The van der Waals surface area contributed by atoms with Gasteiger partial charge >= 0.3 is 0 Å². The summed E-state index contributed by atoms with van der Waals surface area (Å²) in [6, 6.07) is 6.83. The Kier molecular flexibility index (Phi) is 4.26. The lowest BCUT2D eigenvalue weighted by Crippen LogP contribution is -2.18. The third-order valence-electron chi connectivity index (χ3n) is 4.34. The highest BCUT2D eigenvalue weighted by molar-refractivity contribution is 5.87. The predicted octanol–water partition coefficient (Wildman–Crippen LogP) is 2.47. The zero-order valence-corrected chi connectivity index (χ0v) is 14.0. The molecule has 3 rings (SSSR count). The Morgan fingerprint density at radius 3 is 1.29 bits per heavy atom. The molecule has 2 aromatic rings. The first-order valence-corrected chi connectivity index (χ1v) is 7.45. The lowest BCUT2D eigenvalue weighted by molar-refractivity contribution is 0.0154. The van der Waals surface area contributed by atoms with E-state index in [0.717, 1.165) is 0 Å². The summed E-state index contributed by atoms with van der Waals surface area (Å²) in [6.07, 6.45) is -2.16. The Balaban J connectivity index is 2.44. The van der Waals surface area contributed by atoms with Gasteiger partial charge < -0.3 is 29.2 Å². The summed E-state index contributed by atoms with van der Waals surface area (Å²) in [5.41, 5.74) is 2.33. The zero-order valence-electron chi connectivity index (χ0n) is 14.0. The van der Waals surface area contributed by atoms with E-state index in [1.54, 1.807) is 38.5 Å². The summed E-state index contributed by atoms with van der Waals surface area (Å²) >= 11 is 0. The van der Waals surface area contributed by atoms with Crippen LogP contribution < -0.4 is 18.9 Å². The Labute approximate surface area is 140 Å². The molecule has 0 fully saturated rings. The van der Waals surface area contributed by atoms with Crippen LogP contribution in [0.2, 0.25) is 0 Å². The number of methoxy groups -OCH3 is 4. The van der Waals surface area contributed by atoms with Crippen LogP contribution in [-0.2, 0) is 0 Å². The van der Waals surface area contributed by atoms with E-state index >= 15 is 0 Å². The largest absolute Gasteiger partial charge is 0.493 e. The van der Waals surface area contributed by atoms with Gasteiger partial charge in [0.15, 0.2) is 23.0 Å². The molecule has 2 aromatic carbocycles. The molecular weight excluding hydrogens is 312 g/mol. The number of aliphatic hydroxyl groups excluding tert-OH is 2. The first-order chi connectivity index (χ1) is 11.6. The number of aliphatic hydroxyl groups is 2. The van der Waals surface area contributed by atoms with Crippen LogP contribution in [-0.4, -0.2) is 38.7 Å². The van der Waals surface area contributed by atoms with Crippen molar-refractivity contribution in [3.05, 3.63) is 35.4 Å². The topological polar surface area (TPSA) is 77.4 Å². The highest BCUT2D eigenvalue weighted by Crippen LogP contribution is 2.55. The van der Waals surface area contributed by atoms with Gasteiger partial charge in [0.25, 0.3) is 0 Å². The maximum absolute atomic E-state index is 10.5. The molecule has 6 nitrogen and oxygen atoms in total. The van der Waals surface area contributed by atoms with Crippen LogP contribution in [0, 0.1) is 0 Å². The smallest absolute Gasteiger partial charge is 0.169 e. The minimum atomic E-state index is -1.08. The van der Waals surface area contributed by atoms with Crippen LogP contribution in [0.1, 0.15) is 23.3 Å². The molecule has 0 aliphatic heterocycles. The van der Waals surface area contributed by atoms with E-state index in [4.69, 9.17) is 18.9 Å². The summed E-state index contributed by atoms with van der Waals surface area (Å²) in [4.78, 5) is 0. The van der Waals surface area contributed by atoms with Crippen molar-refractivity contribution in [1.29, 1.82) is 0 Å². The van der Waals surface area contributed by atoms with Crippen molar-refractivity contribution in [2.75, 3.05) is 28.4 Å². The van der Waals surface area contributed by atoms with Crippen molar-refractivity contribution < 1.29 is 29.2 Å². The summed E-state index contributed by atoms with van der Waals surface area (Å²) in [7, 11) is 6.15. The average Bonchev–Trinajstić information content (AvgIpc) is 2.63. The van der Waals surface area contributed by atoms with Crippen LogP contribution in [0.4, 0.5) is 0 Å². The van der Waals surface area contributed by atoms with E-state index in [0.29, 0.717) is 45.3 Å². The van der Waals surface area contributed by atoms with Crippen LogP contribution in [0.5, 0.6) is 23.0 Å². The minimum absolute atomic E-state index is 0.466. The van der Waals surface area contributed by atoms with Gasteiger partial charge in [-0.2, -0.15) is 0 Å². The molecule has 1 aliphatic carbocycles. The van der Waals surface area contributed by atoms with Crippen LogP contribution >= 0.6 is 0 Å². The van der Waals surface area contributed by atoms with Gasteiger partial charge in [-0.15, -0.1) is 0 Å². The summed E-state index contributed by atoms with van der Waals surface area (Å²) in [6.45, 7) is 0. The second kappa shape index (κ2) is 6.22. The number of hydrogen-bond acceptors (Lipinski definition) is 6. The first-order valence-electron chi connectivity index (χ1n) is 7.45. The fourth-order valence-electron chi connectivity index (χ4n) is 3.23. The third-order valence-corrected chi connectivity index (χ3v) is 4.34. The second-order valence-corrected chi connectivity index (χ2v) is 5.42. The lowest BCUT2D eigenvalue weighted by Gasteiger charge is -2.32. The van der Waals surface area contributed by atoms with Crippen molar-refractivity contribution >= 4 is 0 Å². The third kappa shape index (κ3) is 2.18. The van der Waals surface area contributed by atoms with Gasteiger partial charge in [-0.05, 0) is 23.3 Å². The normalized spacial score (nSPS) is 18.4. The molecule has 0 spiro atoms. The van der Waals surface area contributed by atoms with E-state index < -0.39 is 12.2 Å². The Bertz CT molecular complexity index is 705. The van der Waals surface area contributed by atoms with E-state index in [2.05, 4.69) is 0 Å². The predicted molar refractivity (Wildman–Crippen MR) is 88.0 cm³/mol. The van der Waals surface area contributed by atoms with Gasteiger partial charge in [0.2, 0.25) is 0 Å². The van der Waals surface area contributed by atoms with Crippen LogP contribution in [0.15, 0.2) is 24.3 Å². The maximum Gasteiger partial charge on any atom is 0.169 e. The van der Waals surface area contributed by atoms with Crippen LogP contribution in [0.3, 0.4) is 0 Å². The molecule has 2 N–H and O–H groups in total. The molecule has 0 amide bonds. The number of rotatable bonds is 4. The molecule has 24 heavy (non-hydrogen) atoms.